The van der Waals surface area contributed by atoms with Gasteiger partial charge in [0.15, 0.2) is 0 Å². The van der Waals surface area contributed by atoms with Gasteiger partial charge < -0.3 is 15.5 Å². The number of hydrogen-bond acceptors (Lipinski definition) is 5. The minimum Gasteiger partial charge on any atom is -0.322 e. The van der Waals surface area contributed by atoms with Crippen LogP contribution in [0.25, 0.3) is 0 Å². The third-order valence-electron chi connectivity index (χ3n) is 5.27. The van der Waals surface area contributed by atoms with E-state index in [0.717, 1.165) is 24.2 Å². The average Bonchev–Trinajstić information content (AvgIpc) is 2.87. The predicted octanol–water partition coefficient (Wildman–Crippen LogP) is -0.101. The molecule has 4 rings (SSSR count). The van der Waals surface area contributed by atoms with Crippen LogP contribution in [0.1, 0.15) is 40.7 Å². The first-order valence-corrected chi connectivity index (χ1v) is 8.83. The first-order valence-electron chi connectivity index (χ1n) is 8.83. The molecule has 2 fully saturated rings. The van der Waals surface area contributed by atoms with E-state index in [4.69, 9.17) is 0 Å². The molecule has 3 N–H and O–H groups in total. The molecule has 3 aliphatic rings. The summed E-state index contributed by atoms with van der Waals surface area (Å²) < 4.78 is 0. The third kappa shape index (κ3) is 3.05. The van der Waals surface area contributed by atoms with Crippen LogP contribution < -0.4 is 16.0 Å². The Balaban J connectivity index is 1.48. The van der Waals surface area contributed by atoms with Crippen molar-refractivity contribution >= 4 is 17.7 Å². The molecule has 0 aromatic heterocycles. The molecule has 25 heavy (non-hydrogen) atoms. The highest BCUT2D eigenvalue weighted by molar-refractivity contribution is 6.05. The van der Waals surface area contributed by atoms with Crippen molar-refractivity contribution in [3.8, 4) is 0 Å². The Morgan fingerprint density at radius 1 is 1.20 bits per heavy atom. The van der Waals surface area contributed by atoms with E-state index in [-0.39, 0.29) is 24.1 Å². The molecule has 2 unspecified atom stereocenters. The second kappa shape index (κ2) is 6.57. The molecule has 0 radical (unpaired) electrons. The standard InChI is InChI=1S/C18H22N4O3/c23-15-5-4-14(17(24)21-15)22-10-12-3-1-2-11(16(12)18(22)25)8-19-9-13-6-7-20-13/h1-3,13-14,19-20H,4-10H2,(H,21,23,24). The summed E-state index contributed by atoms with van der Waals surface area (Å²) in [7, 11) is 0. The zero-order chi connectivity index (χ0) is 17.4. The van der Waals surface area contributed by atoms with Crippen LogP contribution in [0.5, 0.6) is 0 Å². The predicted molar refractivity (Wildman–Crippen MR) is 90.6 cm³/mol. The van der Waals surface area contributed by atoms with Crippen molar-refractivity contribution in [2.75, 3.05) is 13.1 Å². The summed E-state index contributed by atoms with van der Waals surface area (Å²) in [4.78, 5) is 38.0. The number of fused-ring (bicyclic) bond motifs is 1. The largest absolute Gasteiger partial charge is 0.322 e. The molecule has 0 spiro atoms. The fourth-order valence-corrected chi connectivity index (χ4v) is 3.74. The Morgan fingerprint density at radius 2 is 2.04 bits per heavy atom. The molecule has 0 saturated carbocycles. The van der Waals surface area contributed by atoms with E-state index in [1.165, 1.54) is 6.42 Å². The van der Waals surface area contributed by atoms with Crippen molar-refractivity contribution in [2.45, 2.75) is 44.4 Å². The summed E-state index contributed by atoms with van der Waals surface area (Å²) in [6.45, 7) is 3.02. The fourth-order valence-electron chi connectivity index (χ4n) is 3.74. The van der Waals surface area contributed by atoms with Gasteiger partial charge in [-0.1, -0.05) is 18.2 Å². The van der Waals surface area contributed by atoms with Crippen molar-refractivity contribution in [1.82, 2.24) is 20.9 Å². The third-order valence-corrected chi connectivity index (χ3v) is 5.27. The molecule has 1 aromatic rings. The lowest BCUT2D eigenvalue weighted by molar-refractivity contribution is -0.136. The summed E-state index contributed by atoms with van der Waals surface area (Å²) >= 11 is 0. The quantitative estimate of drug-likeness (QED) is 0.650. The van der Waals surface area contributed by atoms with E-state index in [1.807, 2.05) is 18.2 Å². The van der Waals surface area contributed by atoms with Gasteiger partial charge in [-0.05, 0) is 30.5 Å². The zero-order valence-corrected chi connectivity index (χ0v) is 14.0. The van der Waals surface area contributed by atoms with Crippen molar-refractivity contribution in [3.63, 3.8) is 0 Å². The van der Waals surface area contributed by atoms with Crippen molar-refractivity contribution in [2.24, 2.45) is 0 Å². The minimum absolute atomic E-state index is 0.108. The lowest BCUT2D eigenvalue weighted by atomic mass is 10.0. The number of nitrogens with zero attached hydrogens (tertiary/aromatic N) is 1. The highest BCUT2D eigenvalue weighted by Gasteiger charge is 2.39. The summed E-state index contributed by atoms with van der Waals surface area (Å²) in [6.07, 6.45) is 1.85. The summed E-state index contributed by atoms with van der Waals surface area (Å²) in [6, 6.07) is 5.82. The number of piperidine rings is 1. The average molecular weight is 342 g/mol. The van der Waals surface area contributed by atoms with Crippen LogP contribution in [0.15, 0.2) is 18.2 Å². The highest BCUT2D eigenvalue weighted by Crippen LogP contribution is 2.29. The van der Waals surface area contributed by atoms with Crippen molar-refractivity contribution in [1.29, 1.82) is 0 Å². The van der Waals surface area contributed by atoms with Gasteiger partial charge in [-0.15, -0.1) is 0 Å². The first kappa shape index (κ1) is 16.2. The molecular formula is C18H22N4O3. The summed E-state index contributed by atoms with van der Waals surface area (Å²) in [5, 5.41) is 9.08. The molecule has 7 heteroatoms. The van der Waals surface area contributed by atoms with Gasteiger partial charge in [0.1, 0.15) is 6.04 Å². The van der Waals surface area contributed by atoms with E-state index in [0.29, 0.717) is 31.1 Å². The van der Waals surface area contributed by atoms with Gasteiger partial charge in [-0.3, -0.25) is 19.7 Å². The van der Waals surface area contributed by atoms with Gasteiger partial charge in [-0.25, -0.2) is 0 Å². The van der Waals surface area contributed by atoms with Crippen LogP contribution in [0.2, 0.25) is 0 Å². The van der Waals surface area contributed by atoms with Gasteiger partial charge in [0.25, 0.3) is 5.91 Å². The molecule has 0 aliphatic carbocycles. The van der Waals surface area contributed by atoms with Gasteiger partial charge in [-0.2, -0.15) is 0 Å². The smallest absolute Gasteiger partial charge is 0.255 e. The normalized spacial score (nSPS) is 25.6. The molecule has 3 amide bonds. The van der Waals surface area contributed by atoms with Crippen LogP contribution in [0.3, 0.4) is 0 Å². The molecule has 0 bridgehead atoms. The number of amides is 3. The van der Waals surface area contributed by atoms with Gasteiger partial charge >= 0.3 is 0 Å². The second-order valence-electron chi connectivity index (χ2n) is 6.92. The van der Waals surface area contributed by atoms with Gasteiger partial charge in [0.05, 0.1) is 0 Å². The molecule has 2 atom stereocenters. The Kier molecular flexibility index (Phi) is 4.27. The summed E-state index contributed by atoms with van der Waals surface area (Å²) in [5.74, 6) is -0.739. The SMILES string of the molecule is O=C1CCC(N2Cc3cccc(CNCC4CCN4)c3C2=O)C(=O)N1. The van der Waals surface area contributed by atoms with Gasteiger partial charge in [0.2, 0.25) is 11.8 Å². The van der Waals surface area contributed by atoms with Crippen LogP contribution in [-0.2, 0) is 22.7 Å². The maximum absolute atomic E-state index is 12.9. The minimum atomic E-state index is -0.558. The molecule has 3 heterocycles. The molecule has 132 valence electrons. The monoisotopic (exact) mass is 342 g/mol. The van der Waals surface area contributed by atoms with E-state index < -0.39 is 6.04 Å². The second-order valence-corrected chi connectivity index (χ2v) is 6.92. The first-order chi connectivity index (χ1) is 12.1. The molecule has 3 aliphatic heterocycles. The Morgan fingerprint density at radius 3 is 2.76 bits per heavy atom. The topological polar surface area (TPSA) is 90.5 Å². The number of hydrogen-bond donors (Lipinski definition) is 3. The molecule has 1 aromatic carbocycles. The van der Waals surface area contributed by atoms with Crippen LogP contribution in [0.4, 0.5) is 0 Å². The molecular weight excluding hydrogens is 320 g/mol. The number of carbonyl (C=O) groups is 3. The highest BCUT2D eigenvalue weighted by atomic mass is 16.2. The zero-order valence-electron chi connectivity index (χ0n) is 14.0. The lowest BCUT2D eigenvalue weighted by Crippen LogP contribution is -2.52. The molecule has 7 nitrogen and oxygen atoms in total. The van der Waals surface area contributed by atoms with E-state index >= 15 is 0 Å². The molecule has 2 saturated heterocycles. The van der Waals surface area contributed by atoms with Crippen molar-refractivity contribution in [3.05, 3.63) is 34.9 Å². The maximum atomic E-state index is 12.9. The van der Waals surface area contributed by atoms with E-state index in [1.54, 1.807) is 4.90 Å². The van der Waals surface area contributed by atoms with E-state index in [2.05, 4.69) is 16.0 Å². The number of benzene rings is 1. The number of imide groups is 1. The lowest BCUT2D eigenvalue weighted by Gasteiger charge is -2.29. The maximum Gasteiger partial charge on any atom is 0.255 e. The van der Waals surface area contributed by atoms with Crippen LogP contribution >= 0.6 is 0 Å². The Bertz CT molecular complexity index is 729. The number of rotatable bonds is 5. The van der Waals surface area contributed by atoms with Crippen molar-refractivity contribution < 1.29 is 14.4 Å². The fraction of sp³-hybridized carbons (Fsp3) is 0.500. The summed E-state index contributed by atoms with van der Waals surface area (Å²) in [5.41, 5.74) is 2.63. The van der Waals surface area contributed by atoms with Crippen LogP contribution in [0, 0.1) is 0 Å². The Hall–Kier alpha value is -2.25. The van der Waals surface area contributed by atoms with Gasteiger partial charge in [0, 0.05) is 37.7 Å². The number of carbonyl (C=O) groups excluding carboxylic acids is 3. The van der Waals surface area contributed by atoms with Crippen LogP contribution in [-0.4, -0.2) is 47.8 Å². The number of nitrogens with one attached hydrogen (secondary N) is 3. The van der Waals surface area contributed by atoms with E-state index in [9.17, 15) is 14.4 Å². The Labute approximate surface area is 146 Å².